The lowest BCUT2D eigenvalue weighted by Gasteiger charge is -2.27. The Hall–Kier alpha value is -3.32. The Bertz CT molecular complexity index is 1220. The van der Waals surface area contributed by atoms with Crippen LogP contribution in [-0.4, -0.2) is 23.5 Å². The molecule has 0 radical (unpaired) electrons. The van der Waals surface area contributed by atoms with Gasteiger partial charge in [0.1, 0.15) is 23.2 Å². The summed E-state index contributed by atoms with van der Waals surface area (Å²) in [6.45, 7) is 5.50. The summed E-state index contributed by atoms with van der Waals surface area (Å²) in [5.41, 5.74) is -0.241. The number of carbonyl (C=O) groups excluding carboxylic acids is 2. The van der Waals surface area contributed by atoms with Crippen LogP contribution >= 0.6 is 11.6 Å². The molecule has 0 aliphatic rings. The summed E-state index contributed by atoms with van der Waals surface area (Å²) < 4.78 is 32.3. The van der Waals surface area contributed by atoms with Crippen LogP contribution in [0.25, 0.3) is 10.8 Å². The number of Topliss-reactive ketones (excluding diaryl/α,β-unsaturated/α-hetero) is 1. The molecule has 0 spiro atoms. The van der Waals surface area contributed by atoms with Crippen molar-refractivity contribution >= 4 is 40.1 Å². The van der Waals surface area contributed by atoms with Gasteiger partial charge in [-0.05, 0) is 60.5 Å². The zero-order valence-electron chi connectivity index (χ0n) is 18.7. The fourth-order valence-electron chi connectivity index (χ4n) is 3.66. The van der Waals surface area contributed by atoms with E-state index in [1.807, 2.05) is 0 Å². The van der Waals surface area contributed by atoms with Gasteiger partial charge in [0.2, 0.25) is 0 Å². The predicted octanol–water partition coefficient (Wildman–Crippen LogP) is 6.89. The van der Waals surface area contributed by atoms with Gasteiger partial charge in [0, 0.05) is 23.4 Å². The number of ether oxygens (including phenoxy) is 1. The van der Waals surface area contributed by atoms with Crippen LogP contribution in [0.5, 0.6) is 0 Å². The Balaban J connectivity index is 1.55. The first-order chi connectivity index (χ1) is 16.2. The summed E-state index contributed by atoms with van der Waals surface area (Å²) in [6.07, 6.45) is 3.57. The van der Waals surface area contributed by atoms with E-state index in [0.29, 0.717) is 23.8 Å². The number of fused-ring (bicyclic) bond motifs is 1. The van der Waals surface area contributed by atoms with Gasteiger partial charge in [0.25, 0.3) is 0 Å². The molecule has 1 unspecified atom stereocenters. The zero-order chi connectivity index (χ0) is 24.7. The van der Waals surface area contributed by atoms with Crippen molar-refractivity contribution in [1.82, 2.24) is 4.98 Å². The molecule has 34 heavy (non-hydrogen) atoms. The number of pyridine rings is 1. The molecule has 1 atom stereocenters. The van der Waals surface area contributed by atoms with Crippen LogP contribution < -0.4 is 5.32 Å². The smallest absolute Gasteiger partial charge is 0.412 e. The van der Waals surface area contributed by atoms with Crippen molar-refractivity contribution in [3.8, 4) is 0 Å². The second-order valence-electron chi connectivity index (χ2n) is 8.26. The van der Waals surface area contributed by atoms with E-state index in [4.69, 9.17) is 16.3 Å². The number of allylic oxidation sites excluding steroid dienone is 1. The number of aromatic nitrogens is 1. The van der Waals surface area contributed by atoms with Crippen molar-refractivity contribution in [1.29, 1.82) is 0 Å². The maximum absolute atomic E-state index is 13.6. The molecular weight excluding hydrogens is 462 g/mol. The standard InChI is InChI=1S/C26H25ClF2N2O3/c1-3-11-26(2,22(32)10-8-17-5-4-6-21(29)24(17)27)12-13-34-25(33)31-23-15-19-14-20(28)9-7-18(19)16-30-23/h3-7,9,14-16H,1,8,10-13H2,2H3,(H,30,31,33). The maximum atomic E-state index is 13.6. The highest BCUT2D eigenvalue weighted by atomic mass is 35.5. The fraction of sp³-hybridized carbons (Fsp3) is 0.269. The van der Waals surface area contributed by atoms with Gasteiger partial charge < -0.3 is 4.74 Å². The Morgan fingerprint density at radius 1 is 1.21 bits per heavy atom. The molecule has 2 aromatic carbocycles. The third-order valence-corrected chi connectivity index (χ3v) is 6.15. The van der Waals surface area contributed by atoms with E-state index in [1.54, 1.807) is 37.3 Å². The molecule has 0 aliphatic heterocycles. The van der Waals surface area contributed by atoms with Crippen LogP contribution in [0.2, 0.25) is 5.02 Å². The Labute approximate surface area is 201 Å². The first-order valence-electron chi connectivity index (χ1n) is 10.8. The molecule has 3 aromatic rings. The molecule has 5 nitrogen and oxygen atoms in total. The Morgan fingerprint density at radius 3 is 2.76 bits per heavy atom. The van der Waals surface area contributed by atoms with Crippen LogP contribution in [0.1, 0.15) is 31.7 Å². The van der Waals surface area contributed by atoms with Crippen molar-refractivity contribution in [3.63, 3.8) is 0 Å². The summed E-state index contributed by atoms with van der Waals surface area (Å²) in [5.74, 6) is -0.751. The summed E-state index contributed by atoms with van der Waals surface area (Å²) in [6, 6.07) is 10.3. The highest BCUT2D eigenvalue weighted by molar-refractivity contribution is 6.31. The summed E-state index contributed by atoms with van der Waals surface area (Å²) in [5, 5.41) is 3.85. The third-order valence-electron chi connectivity index (χ3n) is 5.72. The molecule has 178 valence electrons. The number of hydrogen-bond acceptors (Lipinski definition) is 4. The van der Waals surface area contributed by atoms with Gasteiger partial charge in [0.15, 0.2) is 0 Å². The van der Waals surface area contributed by atoms with Gasteiger partial charge in [-0.3, -0.25) is 10.1 Å². The number of halogens is 3. The SMILES string of the molecule is C=CCC(C)(CCOC(=O)Nc1cc2cc(F)ccc2cn1)C(=O)CCc1cccc(F)c1Cl. The summed E-state index contributed by atoms with van der Waals surface area (Å²) >= 11 is 5.99. The third kappa shape index (κ3) is 6.38. The second-order valence-corrected chi connectivity index (χ2v) is 8.64. The number of aryl methyl sites for hydroxylation is 1. The molecular formula is C26H25ClF2N2O3. The van der Waals surface area contributed by atoms with E-state index in [1.165, 1.54) is 24.4 Å². The normalized spacial score (nSPS) is 12.7. The quantitative estimate of drug-likeness (QED) is 0.317. The van der Waals surface area contributed by atoms with Crippen LogP contribution in [0.3, 0.4) is 0 Å². The number of nitrogens with one attached hydrogen (secondary N) is 1. The van der Waals surface area contributed by atoms with Crippen LogP contribution in [0.4, 0.5) is 19.4 Å². The molecule has 1 N–H and O–H groups in total. The lowest BCUT2D eigenvalue weighted by atomic mass is 9.77. The fourth-order valence-corrected chi connectivity index (χ4v) is 3.88. The molecule has 0 fully saturated rings. The lowest BCUT2D eigenvalue weighted by Crippen LogP contribution is -2.30. The lowest BCUT2D eigenvalue weighted by molar-refractivity contribution is -0.128. The Morgan fingerprint density at radius 2 is 2.00 bits per heavy atom. The molecule has 0 aliphatic carbocycles. The highest BCUT2D eigenvalue weighted by Gasteiger charge is 2.31. The molecule has 0 saturated carbocycles. The molecule has 1 heterocycles. The summed E-state index contributed by atoms with van der Waals surface area (Å²) in [4.78, 5) is 29.3. The second kappa shape index (κ2) is 11.2. The predicted molar refractivity (Wildman–Crippen MR) is 129 cm³/mol. The first kappa shape index (κ1) is 25.3. The number of nitrogens with zero attached hydrogens (tertiary/aromatic N) is 1. The minimum absolute atomic E-state index is 0.00908. The topological polar surface area (TPSA) is 68.3 Å². The van der Waals surface area contributed by atoms with Crippen LogP contribution in [-0.2, 0) is 16.0 Å². The largest absolute Gasteiger partial charge is 0.449 e. The van der Waals surface area contributed by atoms with Gasteiger partial charge in [-0.1, -0.05) is 36.7 Å². The Kier molecular flexibility index (Phi) is 8.34. The van der Waals surface area contributed by atoms with E-state index < -0.39 is 23.1 Å². The van der Waals surface area contributed by atoms with Crippen LogP contribution in [0.15, 0.2) is 61.3 Å². The van der Waals surface area contributed by atoms with Crippen molar-refractivity contribution in [3.05, 3.63) is 83.5 Å². The number of benzene rings is 2. The van der Waals surface area contributed by atoms with Gasteiger partial charge in [-0.2, -0.15) is 0 Å². The van der Waals surface area contributed by atoms with E-state index in [0.717, 1.165) is 5.39 Å². The molecule has 8 heteroatoms. The number of hydrogen-bond donors (Lipinski definition) is 1. The number of amides is 1. The van der Waals surface area contributed by atoms with Crippen molar-refractivity contribution < 1.29 is 23.1 Å². The van der Waals surface area contributed by atoms with Crippen molar-refractivity contribution in [2.45, 2.75) is 32.6 Å². The van der Waals surface area contributed by atoms with E-state index >= 15 is 0 Å². The van der Waals surface area contributed by atoms with E-state index in [9.17, 15) is 18.4 Å². The van der Waals surface area contributed by atoms with Crippen molar-refractivity contribution in [2.75, 3.05) is 11.9 Å². The maximum Gasteiger partial charge on any atom is 0.412 e. The molecule has 3 rings (SSSR count). The van der Waals surface area contributed by atoms with Gasteiger partial charge in [0.05, 0.1) is 11.6 Å². The number of anilines is 1. The molecule has 1 aromatic heterocycles. The van der Waals surface area contributed by atoms with Gasteiger partial charge >= 0.3 is 6.09 Å². The number of rotatable bonds is 10. The van der Waals surface area contributed by atoms with E-state index in [-0.39, 0.29) is 36.1 Å². The minimum Gasteiger partial charge on any atom is -0.449 e. The van der Waals surface area contributed by atoms with Gasteiger partial charge in [-0.15, -0.1) is 6.58 Å². The van der Waals surface area contributed by atoms with Crippen molar-refractivity contribution in [2.24, 2.45) is 5.41 Å². The number of carbonyl (C=O) groups is 2. The van der Waals surface area contributed by atoms with Gasteiger partial charge in [-0.25, -0.2) is 18.6 Å². The first-order valence-corrected chi connectivity index (χ1v) is 11.2. The van der Waals surface area contributed by atoms with Crippen LogP contribution in [0, 0.1) is 17.0 Å². The average molecular weight is 487 g/mol. The number of ketones is 1. The average Bonchev–Trinajstić information content (AvgIpc) is 2.79. The molecule has 0 bridgehead atoms. The summed E-state index contributed by atoms with van der Waals surface area (Å²) in [7, 11) is 0. The monoisotopic (exact) mass is 486 g/mol. The van der Waals surface area contributed by atoms with E-state index in [2.05, 4.69) is 16.9 Å². The minimum atomic E-state index is -0.805. The molecule has 1 amide bonds. The highest BCUT2D eigenvalue weighted by Crippen LogP contribution is 2.31. The molecule has 0 saturated heterocycles. The zero-order valence-corrected chi connectivity index (χ0v) is 19.5.